The van der Waals surface area contributed by atoms with E-state index in [1.54, 1.807) is 0 Å². The lowest BCUT2D eigenvalue weighted by Gasteiger charge is -2.33. The van der Waals surface area contributed by atoms with Gasteiger partial charge in [-0.3, -0.25) is 0 Å². The van der Waals surface area contributed by atoms with Gasteiger partial charge in [-0.15, -0.1) is 0 Å². The lowest BCUT2D eigenvalue weighted by atomic mass is 10.2. The van der Waals surface area contributed by atoms with Crippen molar-refractivity contribution in [3.05, 3.63) is 0 Å². The van der Waals surface area contributed by atoms with Gasteiger partial charge in [-0.05, 0) is 12.1 Å². The van der Waals surface area contributed by atoms with Crippen LogP contribution in [0.3, 0.4) is 0 Å². The van der Waals surface area contributed by atoms with Crippen molar-refractivity contribution in [2.24, 2.45) is 0 Å². The molecule has 0 aliphatic heterocycles. The van der Waals surface area contributed by atoms with E-state index in [0.717, 1.165) is 0 Å². The van der Waals surface area contributed by atoms with Crippen LogP contribution in [-0.2, 0) is 0 Å². The Labute approximate surface area is 126 Å². The van der Waals surface area contributed by atoms with Gasteiger partial charge in [0, 0.05) is 0 Å². The molecule has 0 fully saturated rings. The highest BCUT2D eigenvalue weighted by atomic mass is 35.6. The fourth-order valence-electron chi connectivity index (χ4n) is 2.29. The van der Waals surface area contributed by atoms with E-state index < -0.39 is 13.8 Å². The first-order chi connectivity index (χ1) is 8.37. The fourth-order valence-corrected chi connectivity index (χ4v) is 11.9. The molecule has 0 amide bonds. The first kappa shape index (κ1) is 19.0. The van der Waals surface area contributed by atoms with Crippen LogP contribution in [0.4, 0.5) is 0 Å². The van der Waals surface area contributed by atoms with Crippen LogP contribution in [-0.4, -0.2) is 13.8 Å². The van der Waals surface area contributed by atoms with Gasteiger partial charge in [-0.25, -0.2) is 0 Å². The van der Waals surface area contributed by atoms with Crippen LogP contribution in [0, 0.1) is 0 Å². The van der Waals surface area contributed by atoms with E-state index in [2.05, 4.69) is 26.9 Å². The molecule has 0 aliphatic carbocycles. The molecule has 0 heterocycles. The summed E-state index contributed by atoms with van der Waals surface area (Å²) in [7, 11) is 0. The molecular formula is C14H32Cl2Si2. The van der Waals surface area contributed by atoms with Crippen molar-refractivity contribution in [2.45, 2.75) is 90.4 Å². The van der Waals surface area contributed by atoms with Gasteiger partial charge in [-0.1, -0.05) is 78.3 Å². The Hall–Kier alpha value is 1.01. The van der Waals surface area contributed by atoms with Crippen LogP contribution in [0.5, 0.6) is 0 Å². The van der Waals surface area contributed by atoms with Crippen molar-refractivity contribution >= 4 is 36.0 Å². The van der Waals surface area contributed by atoms with E-state index in [4.69, 9.17) is 22.2 Å². The van der Waals surface area contributed by atoms with E-state index >= 15 is 0 Å². The molecule has 110 valence electrons. The summed E-state index contributed by atoms with van der Waals surface area (Å²) in [6.07, 6.45) is 10.6. The third kappa shape index (κ3) is 7.57. The summed E-state index contributed by atoms with van der Waals surface area (Å²) in [4.78, 5) is 0. The van der Waals surface area contributed by atoms with E-state index in [0.29, 0.717) is 0 Å². The van der Waals surface area contributed by atoms with Crippen LogP contribution >= 0.6 is 22.2 Å². The number of hydrogen-bond acceptors (Lipinski definition) is 0. The van der Waals surface area contributed by atoms with Gasteiger partial charge < -0.3 is 0 Å². The minimum absolute atomic E-state index is 1.23. The molecule has 0 aromatic rings. The first-order valence-electron chi connectivity index (χ1n) is 7.75. The molecular weight excluding hydrogens is 295 g/mol. The number of hydrogen-bond donors (Lipinski definition) is 0. The van der Waals surface area contributed by atoms with Gasteiger partial charge in [0.2, 0.25) is 0 Å². The molecule has 0 saturated carbocycles. The summed E-state index contributed by atoms with van der Waals surface area (Å²) in [6, 6.07) is 2.46. The Morgan fingerprint density at radius 3 is 1.22 bits per heavy atom. The molecule has 0 aliphatic rings. The summed E-state index contributed by atoms with van der Waals surface area (Å²) >= 11 is 13.8. The molecule has 0 aromatic carbocycles. The number of unbranched alkanes of at least 4 members (excludes halogenated alkanes) is 6. The minimum Gasteiger partial charge on any atom is -0.169 e. The Bertz CT molecular complexity index is 184. The SMILES string of the molecule is CCCCCC[Si](C)(Cl)[Si](C)(Cl)CCCCCC. The highest BCUT2D eigenvalue weighted by Gasteiger charge is 2.45. The summed E-state index contributed by atoms with van der Waals surface area (Å²) < 4.78 is 0. The van der Waals surface area contributed by atoms with Gasteiger partial charge >= 0.3 is 0 Å². The monoisotopic (exact) mass is 326 g/mol. The zero-order valence-corrected chi connectivity index (χ0v) is 16.3. The minimum atomic E-state index is -1.66. The van der Waals surface area contributed by atoms with Gasteiger partial charge in [0.15, 0.2) is 13.8 Å². The normalized spacial score (nSPS) is 18.3. The Kier molecular flexibility index (Phi) is 10.4. The topological polar surface area (TPSA) is 0 Å². The summed E-state index contributed by atoms with van der Waals surface area (Å²) in [5, 5.41) is 0. The number of rotatable bonds is 11. The highest BCUT2D eigenvalue weighted by molar-refractivity contribution is 7.71. The van der Waals surface area contributed by atoms with Crippen molar-refractivity contribution in [1.82, 2.24) is 0 Å². The molecule has 0 saturated heterocycles. The van der Waals surface area contributed by atoms with E-state index in [9.17, 15) is 0 Å². The standard InChI is InChI=1S/C14H32Cl2Si2/c1-5-7-9-11-13-17(3,15)18(4,16)14-12-10-8-6-2/h5-14H2,1-4H3. The number of halogens is 2. The second kappa shape index (κ2) is 9.85. The van der Waals surface area contributed by atoms with Crippen LogP contribution in [0.25, 0.3) is 0 Å². The third-order valence-corrected chi connectivity index (χ3v) is 26.4. The molecule has 0 radical (unpaired) electrons. The molecule has 0 N–H and O–H groups in total. The Morgan fingerprint density at radius 2 is 0.944 bits per heavy atom. The van der Waals surface area contributed by atoms with E-state index in [-0.39, 0.29) is 0 Å². The molecule has 0 bridgehead atoms. The van der Waals surface area contributed by atoms with E-state index in [1.165, 1.54) is 63.5 Å². The Balaban J connectivity index is 4.02. The molecule has 4 heteroatoms. The third-order valence-electron chi connectivity index (χ3n) is 4.09. The van der Waals surface area contributed by atoms with E-state index in [1.807, 2.05) is 0 Å². The summed E-state index contributed by atoms with van der Waals surface area (Å²) in [6.45, 7) is 5.82. The first-order valence-corrected chi connectivity index (χ1v) is 16.2. The van der Waals surface area contributed by atoms with Crippen molar-refractivity contribution in [3.63, 3.8) is 0 Å². The summed E-state index contributed by atoms with van der Waals surface area (Å²) in [5.74, 6) is 0. The zero-order valence-electron chi connectivity index (χ0n) is 12.8. The maximum absolute atomic E-state index is 6.89. The lowest BCUT2D eigenvalue weighted by molar-refractivity contribution is 0.696. The smallest absolute Gasteiger partial charge is 0.162 e. The second-order valence-electron chi connectivity index (χ2n) is 6.02. The molecule has 18 heavy (non-hydrogen) atoms. The maximum Gasteiger partial charge on any atom is 0.162 e. The average Bonchev–Trinajstić information content (AvgIpc) is 2.30. The Morgan fingerprint density at radius 1 is 0.611 bits per heavy atom. The van der Waals surface area contributed by atoms with Crippen LogP contribution in [0.15, 0.2) is 0 Å². The molecule has 0 spiro atoms. The quantitative estimate of drug-likeness (QED) is 0.221. The summed E-state index contributed by atoms with van der Waals surface area (Å²) in [5.41, 5.74) is 0. The predicted molar refractivity (Wildman–Crippen MR) is 92.8 cm³/mol. The maximum atomic E-state index is 6.89. The zero-order chi connectivity index (χ0) is 14.1. The largest absolute Gasteiger partial charge is 0.169 e. The van der Waals surface area contributed by atoms with Crippen LogP contribution in [0.1, 0.15) is 65.2 Å². The molecule has 2 unspecified atom stereocenters. The van der Waals surface area contributed by atoms with Crippen LogP contribution in [0.2, 0.25) is 25.2 Å². The molecule has 2 atom stereocenters. The molecule has 0 nitrogen and oxygen atoms in total. The molecule has 0 rings (SSSR count). The van der Waals surface area contributed by atoms with Gasteiger partial charge in [-0.2, -0.15) is 22.2 Å². The fraction of sp³-hybridized carbons (Fsp3) is 1.00. The second-order valence-corrected chi connectivity index (χ2v) is 25.3. The van der Waals surface area contributed by atoms with Crippen molar-refractivity contribution in [2.75, 3.05) is 0 Å². The lowest BCUT2D eigenvalue weighted by Crippen LogP contribution is -2.50. The van der Waals surface area contributed by atoms with Gasteiger partial charge in [0.25, 0.3) is 0 Å². The van der Waals surface area contributed by atoms with Gasteiger partial charge in [0.1, 0.15) is 0 Å². The highest BCUT2D eigenvalue weighted by Crippen LogP contribution is 2.36. The predicted octanol–water partition coefficient (Wildman–Crippen LogP) is 6.85. The van der Waals surface area contributed by atoms with Crippen molar-refractivity contribution < 1.29 is 0 Å². The van der Waals surface area contributed by atoms with Gasteiger partial charge in [0.05, 0.1) is 0 Å². The molecule has 0 aromatic heterocycles. The van der Waals surface area contributed by atoms with Crippen molar-refractivity contribution in [1.29, 1.82) is 0 Å². The average molecular weight is 327 g/mol. The van der Waals surface area contributed by atoms with Crippen LogP contribution < -0.4 is 0 Å². The van der Waals surface area contributed by atoms with Crippen molar-refractivity contribution in [3.8, 4) is 0 Å².